The summed E-state index contributed by atoms with van der Waals surface area (Å²) < 4.78 is 15.2. The highest BCUT2D eigenvalue weighted by Crippen LogP contribution is 2.45. The molecule has 1 unspecified atom stereocenters. The number of hydrogen-bond donors (Lipinski definition) is 1. The molecule has 4 heterocycles. The predicted octanol–water partition coefficient (Wildman–Crippen LogP) is 2.90. The van der Waals surface area contributed by atoms with Crippen molar-refractivity contribution in [1.82, 2.24) is 34.6 Å². The van der Waals surface area contributed by atoms with Crippen molar-refractivity contribution < 1.29 is 9.18 Å². The molecule has 0 saturated heterocycles. The summed E-state index contributed by atoms with van der Waals surface area (Å²) in [6, 6.07) is 2.87. The van der Waals surface area contributed by atoms with Crippen LogP contribution in [0.4, 0.5) is 10.1 Å². The molecule has 0 aromatic carbocycles. The molecular formula is C19H16ClFN8O. The van der Waals surface area contributed by atoms with E-state index in [2.05, 4.69) is 30.6 Å². The fraction of sp³-hybridized carbons (Fsp3) is 0.263. The highest BCUT2D eigenvalue weighted by molar-refractivity contribution is 6.32. The molecule has 9 nitrogen and oxygen atoms in total. The molecule has 1 atom stereocenters. The van der Waals surface area contributed by atoms with E-state index in [1.165, 1.54) is 34.0 Å². The molecule has 4 aromatic heterocycles. The summed E-state index contributed by atoms with van der Waals surface area (Å²) >= 11 is 6.29. The summed E-state index contributed by atoms with van der Waals surface area (Å²) in [5, 5.41) is 15.1. The second-order valence-electron chi connectivity index (χ2n) is 7.78. The van der Waals surface area contributed by atoms with Crippen LogP contribution in [0.25, 0.3) is 11.5 Å². The maximum Gasteiger partial charge on any atom is 0.235 e. The van der Waals surface area contributed by atoms with E-state index in [1.54, 1.807) is 12.3 Å². The number of carbonyl (C=O) groups is 1. The van der Waals surface area contributed by atoms with Crippen LogP contribution in [0.5, 0.6) is 0 Å². The number of halogens is 2. The minimum atomic E-state index is -0.605. The average Bonchev–Trinajstić information content (AvgIpc) is 3.39. The van der Waals surface area contributed by atoms with E-state index in [1.807, 2.05) is 13.8 Å². The summed E-state index contributed by atoms with van der Waals surface area (Å²) in [6.07, 6.45) is 6.69. The topological polar surface area (TPSA) is 103 Å². The minimum Gasteiger partial charge on any atom is -0.324 e. The summed E-state index contributed by atoms with van der Waals surface area (Å²) in [7, 11) is 0. The largest absolute Gasteiger partial charge is 0.324 e. The van der Waals surface area contributed by atoms with Crippen LogP contribution in [-0.4, -0.2) is 40.5 Å². The van der Waals surface area contributed by atoms with Gasteiger partial charge in [0, 0.05) is 23.2 Å². The zero-order valence-corrected chi connectivity index (χ0v) is 16.8. The van der Waals surface area contributed by atoms with E-state index < -0.39 is 11.9 Å². The second-order valence-corrected chi connectivity index (χ2v) is 8.18. The smallest absolute Gasteiger partial charge is 0.235 e. The van der Waals surface area contributed by atoms with Crippen LogP contribution < -0.4 is 5.32 Å². The van der Waals surface area contributed by atoms with Crippen molar-refractivity contribution in [2.75, 3.05) is 5.32 Å². The molecular weight excluding hydrogens is 411 g/mol. The lowest BCUT2D eigenvalue weighted by Crippen LogP contribution is -2.21. The lowest BCUT2D eigenvalue weighted by atomic mass is 9.88. The highest BCUT2D eigenvalue weighted by Gasteiger charge is 2.43. The number of anilines is 1. The molecule has 5 rings (SSSR count). The Morgan fingerprint density at radius 1 is 1.23 bits per heavy atom. The van der Waals surface area contributed by atoms with E-state index in [-0.39, 0.29) is 11.3 Å². The molecule has 0 saturated carbocycles. The van der Waals surface area contributed by atoms with Gasteiger partial charge in [-0.25, -0.2) is 14.5 Å². The predicted molar refractivity (Wildman–Crippen MR) is 106 cm³/mol. The Labute approximate surface area is 174 Å². The first kappa shape index (κ1) is 18.6. The quantitative estimate of drug-likeness (QED) is 0.540. The molecule has 1 aliphatic carbocycles. The Balaban J connectivity index is 1.46. The summed E-state index contributed by atoms with van der Waals surface area (Å²) in [5.41, 5.74) is 1.99. The third kappa shape index (κ3) is 2.91. The third-order valence-electron chi connectivity index (χ3n) is 5.23. The van der Waals surface area contributed by atoms with E-state index in [4.69, 9.17) is 11.6 Å². The van der Waals surface area contributed by atoms with Gasteiger partial charge in [0.2, 0.25) is 11.9 Å². The van der Waals surface area contributed by atoms with Crippen molar-refractivity contribution in [1.29, 1.82) is 0 Å². The van der Waals surface area contributed by atoms with Crippen LogP contribution in [0.2, 0.25) is 5.02 Å². The van der Waals surface area contributed by atoms with E-state index >= 15 is 0 Å². The Hall–Kier alpha value is -3.40. The molecule has 1 amide bonds. The molecule has 0 spiro atoms. The van der Waals surface area contributed by atoms with Gasteiger partial charge in [0.15, 0.2) is 11.5 Å². The van der Waals surface area contributed by atoms with Crippen molar-refractivity contribution in [3.05, 3.63) is 59.1 Å². The Bertz CT molecular complexity index is 1280. The van der Waals surface area contributed by atoms with Gasteiger partial charge in [0.1, 0.15) is 0 Å². The van der Waals surface area contributed by atoms with Gasteiger partial charge < -0.3 is 5.32 Å². The monoisotopic (exact) mass is 426 g/mol. The lowest BCUT2D eigenvalue weighted by Gasteiger charge is -2.19. The maximum atomic E-state index is 13.7. The number of hydrogen-bond acceptors (Lipinski definition) is 6. The molecule has 0 radical (unpaired) electrons. The Kier molecular flexibility index (Phi) is 4.07. The Morgan fingerprint density at radius 3 is 2.73 bits per heavy atom. The van der Waals surface area contributed by atoms with Crippen molar-refractivity contribution in [3.63, 3.8) is 0 Å². The van der Waals surface area contributed by atoms with Crippen molar-refractivity contribution in [2.45, 2.75) is 31.6 Å². The number of nitrogens with zero attached hydrogens (tertiary/aromatic N) is 7. The molecule has 11 heteroatoms. The van der Waals surface area contributed by atoms with Gasteiger partial charge in [0.25, 0.3) is 0 Å². The maximum absolute atomic E-state index is 13.7. The van der Waals surface area contributed by atoms with Crippen LogP contribution in [0.1, 0.15) is 37.4 Å². The van der Waals surface area contributed by atoms with Gasteiger partial charge >= 0.3 is 0 Å². The van der Waals surface area contributed by atoms with Crippen LogP contribution in [0.3, 0.4) is 0 Å². The number of carbonyl (C=O) groups excluding carboxylic acids is 1. The fourth-order valence-electron chi connectivity index (χ4n) is 4.00. The third-order valence-corrected chi connectivity index (χ3v) is 5.50. The number of rotatable bonds is 3. The Morgan fingerprint density at radius 2 is 2.00 bits per heavy atom. The number of fused-ring (bicyclic) bond motifs is 3. The molecule has 1 aliphatic rings. The van der Waals surface area contributed by atoms with Crippen LogP contribution in [-0.2, 0) is 10.2 Å². The summed E-state index contributed by atoms with van der Waals surface area (Å²) in [4.78, 5) is 22.9. The molecule has 30 heavy (non-hydrogen) atoms. The van der Waals surface area contributed by atoms with Crippen molar-refractivity contribution in [2.24, 2.45) is 0 Å². The fourth-order valence-corrected chi connectivity index (χ4v) is 4.24. The van der Waals surface area contributed by atoms with Gasteiger partial charge in [-0.1, -0.05) is 25.4 Å². The van der Waals surface area contributed by atoms with E-state index in [0.29, 0.717) is 28.6 Å². The number of aromatic nitrogens is 7. The van der Waals surface area contributed by atoms with Gasteiger partial charge in [-0.05, 0) is 12.5 Å². The van der Waals surface area contributed by atoms with Crippen LogP contribution in [0, 0.1) is 5.95 Å². The molecule has 4 aromatic rings. The first-order valence-corrected chi connectivity index (χ1v) is 9.59. The normalized spacial score (nSPS) is 17.3. The minimum absolute atomic E-state index is 0.224. The molecule has 0 bridgehead atoms. The van der Waals surface area contributed by atoms with Crippen LogP contribution in [0.15, 0.2) is 36.9 Å². The second kappa shape index (κ2) is 6.56. The van der Waals surface area contributed by atoms with E-state index in [0.717, 1.165) is 11.3 Å². The number of amides is 1. The zero-order valence-electron chi connectivity index (χ0n) is 16.0. The average molecular weight is 427 g/mol. The first-order chi connectivity index (χ1) is 14.3. The van der Waals surface area contributed by atoms with Gasteiger partial charge in [-0.3, -0.25) is 4.79 Å². The molecule has 1 N–H and O–H groups in total. The van der Waals surface area contributed by atoms with E-state index in [9.17, 15) is 9.18 Å². The molecule has 0 fully saturated rings. The van der Waals surface area contributed by atoms with Crippen molar-refractivity contribution >= 4 is 28.8 Å². The van der Waals surface area contributed by atoms with Gasteiger partial charge in [-0.2, -0.15) is 14.6 Å². The SMILES string of the molecule is CC1(C)CC(C(=O)Nc2cnc(-n3nccn3)c(Cl)c2)c2cnc3cc(F)nn3c21. The standard InChI is InChI=1S/C19H16ClFN8O/c1-19(2)7-11(12-9-22-15-6-14(21)27-28(15)16(12)19)18(30)26-10-5-13(20)17(23-8-10)29-24-3-4-25-29/h3-6,8-9,11H,7H2,1-2H3,(H,26,30). The van der Waals surface area contributed by atoms with Gasteiger partial charge in [-0.15, -0.1) is 9.90 Å². The summed E-state index contributed by atoms with van der Waals surface area (Å²) in [6.45, 7) is 4.00. The van der Waals surface area contributed by atoms with Crippen molar-refractivity contribution in [3.8, 4) is 5.82 Å². The molecule has 152 valence electrons. The molecule has 0 aliphatic heterocycles. The zero-order chi connectivity index (χ0) is 21.0. The van der Waals surface area contributed by atoms with Crippen LogP contribution >= 0.6 is 11.6 Å². The number of pyridine rings is 1. The summed E-state index contributed by atoms with van der Waals surface area (Å²) in [5.74, 6) is -0.935. The first-order valence-electron chi connectivity index (χ1n) is 9.21. The van der Waals surface area contributed by atoms with Gasteiger partial charge in [0.05, 0.1) is 40.9 Å². The lowest BCUT2D eigenvalue weighted by molar-refractivity contribution is -0.117. The highest BCUT2D eigenvalue weighted by atomic mass is 35.5. The number of nitrogens with one attached hydrogen (secondary N) is 1.